The fourth-order valence-electron chi connectivity index (χ4n) is 2.31. The van der Waals surface area contributed by atoms with Gasteiger partial charge in [0.05, 0.1) is 7.11 Å². The van der Waals surface area contributed by atoms with E-state index in [4.69, 9.17) is 4.74 Å². The fourth-order valence-corrected chi connectivity index (χ4v) is 2.31. The van der Waals surface area contributed by atoms with Crippen molar-refractivity contribution in [1.29, 1.82) is 0 Å². The van der Waals surface area contributed by atoms with E-state index in [0.29, 0.717) is 17.3 Å². The zero-order valence-electron chi connectivity index (χ0n) is 11.6. The van der Waals surface area contributed by atoms with Gasteiger partial charge in [-0.3, -0.25) is 0 Å². The summed E-state index contributed by atoms with van der Waals surface area (Å²) in [6.45, 7) is 2.11. The van der Waals surface area contributed by atoms with E-state index in [-0.39, 0.29) is 0 Å². The lowest BCUT2D eigenvalue weighted by Gasteiger charge is -2.28. The molecule has 2 heterocycles. The van der Waals surface area contributed by atoms with E-state index in [1.807, 2.05) is 0 Å². The first-order valence-corrected chi connectivity index (χ1v) is 6.47. The second-order valence-electron chi connectivity index (χ2n) is 4.81. The number of rotatable bonds is 3. The van der Waals surface area contributed by atoms with Gasteiger partial charge in [0.2, 0.25) is 0 Å². The van der Waals surface area contributed by atoms with Crippen LogP contribution in [0.15, 0.2) is 6.20 Å². The van der Waals surface area contributed by atoms with Gasteiger partial charge in [0, 0.05) is 19.2 Å². The van der Waals surface area contributed by atoms with E-state index in [9.17, 15) is 4.79 Å². The van der Waals surface area contributed by atoms with E-state index < -0.39 is 5.97 Å². The Hall–Kier alpha value is -1.69. The highest BCUT2D eigenvalue weighted by Gasteiger charge is 2.22. The number of aromatic nitrogens is 2. The van der Waals surface area contributed by atoms with Gasteiger partial charge < -0.3 is 15.0 Å². The van der Waals surface area contributed by atoms with Crippen molar-refractivity contribution >= 4 is 11.8 Å². The summed E-state index contributed by atoms with van der Waals surface area (Å²) in [5, 5.41) is 2.94. The summed E-state index contributed by atoms with van der Waals surface area (Å²) < 4.78 is 4.71. The van der Waals surface area contributed by atoms with E-state index in [0.717, 1.165) is 31.8 Å². The molecule has 0 atom stereocenters. The van der Waals surface area contributed by atoms with Crippen LogP contribution in [0.2, 0.25) is 0 Å². The maximum absolute atomic E-state index is 11.6. The molecule has 1 saturated heterocycles. The number of hydrogen-bond donors (Lipinski definition) is 1. The van der Waals surface area contributed by atoms with E-state index >= 15 is 0 Å². The Bertz CT molecular complexity index is 456. The van der Waals surface area contributed by atoms with Crippen molar-refractivity contribution in [3.8, 4) is 0 Å². The molecular weight excluding hydrogens is 244 g/mol. The molecule has 2 rings (SSSR count). The Labute approximate surface area is 113 Å². The molecule has 1 aromatic rings. The fraction of sp³-hybridized carbons (Fsp3) is 0.615. The molecule has 6 nitrogen and oxygen atoms in total. The van der Waals surface area contributed by atoms with Gasteiger partial charge in [0.15, 0.2) is 0 Å². The minimum absolute atomic E-state index is 0.370. The highest BCUT2D eigenvalue weighted by molar-refractivity contribution is 5.94. The monoisotopic (exact) mass is 264 g/mol. The maximum Gasteiger partial charge on any atom is 0.343 e. The Morgan fingerprint density at radius 3 is 2.74 bits per heavy atom. The molecule has 0 unspecified atom stereocenters. The van der Waals surface area contributed by atoms with Crippen molar-refractivity contribution in [2.75, 3.05) is 39.6 Å². The second kappa shape index (κ2) is 5.97. The molecule has 19 heavy (non-hydrogen) atoms. The van der Waals surface area contributed by atoms with Crippen LogP contribution < -0.4 is 5.32 Å². The van der Waals surface area contributed by atoms with Crippen LogP contribution in [0.1, 0.15) is 34.9 Å². The van der Waals surface area contributed by atoms with Crippen LogP contribution in [0.3, 0.4) is 0 Å². The molecule has 104 valence electrons. The van der Waals surface area contributed by atoms with E-state index in [2.05, 4.69) is 27.2 Å². The van der Waals surface area contributed by atoms with Crippen LogP contribution in [0, 0.1) is 0 Å². The third kappa shape index (κ3) is 3.01. The molecule has 1 N–H and O–H groups in total. The number of anilines is 1. The molecule has 0 radical (unpaired) electrons. The highest BCUT2D eigenvalue weighted by Crippen LogP contribution is 2.26. The Kier molecular flexibility index (Phi) is 4.31. The number of likely N-dealkylation sites (tertiary alicyclic amines) is 1. The first-order valence-electron chi connectivity index (χ1n) is 6.47. The molecular formula is C13H20N4O2. The second-order valence-corrected chi connectivity index (χ2v) is 4.81. The summed E-state index contributed by atoms with van der Waals surface area (Å²) in [7, 11) is 5.22. The predicted molar refractivity (Wildman–Crippen MR) is 72.4 cm³/mol. The average Bonchev–Trinajstić information content (AvgIpc) is 2.46. The number of carbonyl (C=O) groups is 1. The molecule has 0 aliphatic carbocycles. The third-order valence-corrected chi connectivity index (χ3v) is 3.53. The molecule has 0 amide bonds. The van der Waals surface area contributed by atoms with Crippen molar-refractivity contribution in [1.82, 2.24) is 14.9 Å². The Morgan fingerprint density at radius 2 is 2.16 bits per heavy atom. The van der Waals surface area contributed by atoms with Gasteiger partial charge in [-0.15, -0.1) is 0 Å². The molecule has 0 saturated carbocycles. The predicted octanol–water partition coefficient (Wildman–Crippen LogP) is 1.11. The minimum atomic E-state index is -0.417. The zero-order chi connectivity index (χ0) is 13.8. The molecule has 1 fully saturated rings. The normalized spacial score (nSPS) is 17.2. The number of nitrogens with zero attached hydrogens (tertiary/aromatic N) is 3. The van der Waals surface area contributed by atoms with Gasteiger partial charge in [-0.2, -0.15) is 0 Å². The first kappa shape index (κ1) is 13.7. The van der Waals surface area contributed by atoms with Crippen LogP contribution in [-0.4, -0.2) is 55.1 Å². The van der Waals surface area contributed by atoms with Crippen LogP contribution in [0.4, 0.5) is 5.82 Å². The van der Waals surface area contributed by atoms with Gasteiger partial charge in [-0.05, 0) is 33.0 Å². The van der Waals surface area contributed by atoms with Crippen molar-refractivity contribution in [2.45, 2.75) is 18.8 Å². The smallest absolute Gasteiger partial charge is 0.343 e. The number of nitrogens with one attached hydrogen (secondary N) is 1. The lowest BCUT2D eigenvalue weighted by atomic mass is 9.96. The van der Waals surface area contributed by atoms with Crippen molar-refractivity contribution in [2.24, 2.45) is 0 Å². The highest BCUT2D eigenvalue weighted by atomic mass is 16.5. The molecule has 1 aliphatic heterocycles. The number of hydrogen-bond acceptors (Lipinski definition) is 6. The molecule has 1 aliphatic rings. The zero-order valence-corrected chi connectivity index (χ0v) is 11.6. The number of methoxy groups -OCH3 is 1. The minimum Gasteiger partial charge on any atom is -0.465 e. The van der Waals surface area contributed by atoms with Gasteiger partial charge >= 0.3 is 5.97 Å². The Balaban J connectivity index is 2.21. The maximum atomic E-state index is 11.6. The van der Waals surface area contributed by atoms with Gasteiger partial charge in [-0.1, -0.05) is 0 Å². The lowest BCUT2D eigenvalue weighted by molar-refractivity contribution is 0.0601. The number of carbonyl (C=O) groups excluding carboxylic acids is 1. The topological polar surface area (TPSA) is 67.4 Å². The van der Waals surface area contributed by atoms with Crippen LogP contribution in [-0.2, 0) is 4.74 Å². The van der Waals surface area contributed by atoms with Gasteiger partial charge in [-0.25, -0.2) is 14.8 Å². The van der Waals surface area contributed by atoms with E-state index in [1.54, 1.807) is 13.2 Å². The quantitative estimate of drug-likeness (QED) is 0.825. The Morgan fingerprint density at radius 1 is 1.47 bits per heavy atom. The molecule has 0 spiro atoms. The molecule has 1 aromatic heterocycles. The average molecular weight is 264 g/mol. The largest absolute Gasteiger partial charge is 0.465 e. The van der Waals surface area contributed by atoms with Crippen LogP contribution >= 0.6 is 0 Å². The summed E-state index contributed by atoms with van der Waals surface area (Å²) in [5.74, 6) is 1.30. The van der Waals surface area contributed by atoms with E-state index in [1.165, 1.54) is 7.11 Å². The number of ether oxygens (including phenoxy) is 1. The van der Waals surface area contributed by atoms with Crippen molar-refractivity contribution < 1.29 is 9.53 Å². The number of esters is 1. The van der Waals surface area contributed by atoms with Crippen molar-refractivity contribution in [3.63, 3.8) is 0 Å². The summed E-state index contributed by atoms with van der Waals surface area (Å²) in [6, 6.07) is 0. The van der Waals surface area contributed by atoms with Gasteiger partial charge in [0.1, 0.15) is 17.2 Å². The van der Waals surface area contributed by atoms with Crippen molar-refractivity contribution in [3.05, 3.63) is 17.6 Å². The van der Waals surface area contributed by atoms with Crippen LogP contribution in [0.25, 0.3) is 0 Å². The molecule has 0 bridgehead atoms. The summed E-state index contributed by atoms with van der Waals surface area (Å²) in [5.41, 5.74) is 0.377. The molecule has 6 heteroatoms. The first-order chi connectivity index (χ1) is 9.15. The standard InChI is InChI=1S/C13H20N4O2/c1-14-12-10(13(18)19-3)8-15-11(16-12)9-4-6-17(2)7-5-9/h8-9H,4-7H2,1-3H3,(H,14,15,16). The SMILES string of the molecule is CNc1nc(C2CCN(C)CC2)ncc1C(=O)OC. The molecule has 0 aromatic carbocycles. The van der Waals surface area contributed by atoms with Crippen LogP contribution in [0.5, 0.6) is 0 Å². The third-order valence-electron chi connectivity index (χ3n) is 3.53. The summed E-state index contributed by atoms with van der Waals surface area (Å²) in [6.07, 6.45) is 3.66. The summed E-state index contributed by atoms with van der Waals surface area (Å²) in [4.78, 5) is 22.7. The number of piperidine rings is 1. The lowest BCUT2D eigenvalue weighted by Crippen LogP contribution is -2.30. The summed E-state index contributed by atoms with van der Waals surface area (Å²) >= 11 is 0. The van der Waals surface area contributed by atoms with Gasteiger partial charge in [0.25, 0.3) is 0 Å².